The first-order chi connectivity index (χ1) is 26.1. The molecule has 5 atom stereocenters. The second-order valence-electron chi connectivity index (χ2n) is 15.7. The predicted molar refractivity (Wildman–Crippen MR) is 223 cm³/mol. The molecule has 5 unspecified atom stereocenters. The lowest BCUT2D eigenvalue weighted by Crippen LogP contribution is -2.39. The van der Waals surface area contributed by atoms with E-state index in [9.17, 15) is 0 Å². The van der Waals surface area contributed by atoms with Crippen LogP contribution in [0, 0.1) is 0 Å². The molecule has 0 spiro atoms. The fourth-order valence-corrected chi connectivity index (χ4v) is 11.2. The van der Waals surface area contributed by atoms with Crippen molar-refractivity contribution >= 4 is 48.0 Å². The molecule has 7 aromatic rings. The first kappa shape index (κ1) is 31.2. The van der Waals surface area contributed by atoms with Crippen LogP contribution in [0.5, 0.6) is 5.75 Å². The smallest absolute Gasteiger partial charge is 0.135 e. The van der Waals surface area contributed by atoms with Crippen molar-refractivity contribution in [3.8, 4) is 5.75 Å². The van der Waals surface area contributed by atoms with Gasteiger partial charge in [-0.25, -0.2) is 0 Å². The Hall–Kier alpha value is -5.38. The van der Waals surface area contributed by atoms with Gasteiger partial charge in [0.1, 0.15) is 11.4 Å². The van der Waals surface area contributed by atoms with Gasteiger partial charge in [-0.1, -0.05) is 115 Å². The molecular formula is C50H41NOS. The van der Waals surface area contributed by atoms with Crippen molar-refractivity contribution in [3.63, 3.8) is 0 Å². The maximum absolute atomic E-state index is 7.06. The minimum absolute atomic E-state index is 0.131. The van der Waals surface area contributed by atoms with E-state index in [-0.39, 0.29) is 11.3 Å². The molecule has 2 nitrogen and oxygen atoms in total. The predicted octanol–water partition coefficient (Wildman–Crippen LogP) is 13.0. The lowest BCUT2D eigenvalue weighted by Gasteiger charge is -2.39. The minimum Gasteiger partial charge on any atom is -0.482 e. The molecule has 3 heteroatoms. The summed E-state index contributed by atoms with van der Waals surface area (Å²) >= 11 is 1.92. The second-order valence-corrected chi connectivity index (χ2v) is 16.7. The number of thiophene rings is 1. The molecule has 0 saturated heterocycles. The third kappa shape index (κ3) is 4.76. The molecule has 0 bridgehead atoms. The highest BCUT2D eigenvalue weighted by Gasteiger charge is 2.58. The minimum atomic E-state index is -0.434. The number of benzene rings is 6. The quantitative estimate of drug-likeness (QED) is 0.160. The molecule has 11 rings (SSSR count). The van der Waals surface area contributed by atoms with Crippen LogP contribution >= 0.6 is 11.3 Å². The van der Waals surface area contributed by atoms with E-state index in [0.29, 0.717) is 12.0 Å². The Labute approximate surface area is 315 Å². The lowest BCUT2D eigenvalue weighted by atomic mass is 9.78. The van der Waals surface area contributed by atoms with Crippen molar-refractivity contribution in [3.05, 3.63) is 192 Å². The third-order valence-corrected chi connectivity index (χ3v) is 13.9. The summed E-state index contributed by atoms with van der Waals surface area (Å²) in [5.74, 6) is 1.53. The average molecular weight is 704 g/mol. The molecule has 0 amide bonds. The third-order valence-electron chi connectivity index (χ3n) is 12.7. The van der Waals surface area contributed by atoms with Gasteiger partial charge in [-0.05, 0) is 115 Å². The molecule has 258 valence electrons. The van der Waals surface area contributed by atoms with Crippen LogP contribution in [0.25, 0.3) is 30.9 Å². The number of anilines is 1. The molecular weight excluding hydrogens is 663 g/mol. The van der Waals surface area contributed by atoms with Gasteiger partial charge in [0.15, 0.2) is 0 Å². The molecule has 0 radical (unpaired) electrons. The van der Waals surface area contributed by atoms with Gasteiger partial charge in [-0.3, -0.25) is 0 Å². The van der Waals surface area contributed by atoms with Crippen LogP contribution in [0.4, 0.5) is 5.69 Å². The standard InChI is InChI=1S/C50H41NOS/c1-49-28-27-37(51(35-17-7-3-8-18-35)36-19-9-4-10-20-36)30-43(49)41-26-25-34(29-46(41)52-49)50(32-45(50)33-15-5-2-6-16-33)44-31-42-39-22-13-14-24-47(39)53-48(42)40-23-12-11-21-38(40)44/h2-9,11-18,21-31,36,43,45H,10,19-20,32H2,1H3. The molecule has 0 N–H and O–H groups in total. The fourth-order valence-electron chi connectivity index (χ4n) is 10.0. The van der Waals surface area contributed by atoms with Crippen molar-refractivity contribution in [1.29, 1.82) is 0 Å². The number of hydrogen-bond acceptors (Lipinski definition) is 3. The van der Waals surface area contributed by atoms with Gasteiger partial charge in [0, 0.05) is 48.6 Å². The van der Waals surface area contributed by atoms with Crippen molar-refractivity contribution in [2.45, 2.75) is 61.5 Å². The van der Waals surface area contributed by atoms with Crippen molar-refractivity contribution in [2.75, 3.05) is 4.90 Å². The first-order valence-electron chi connectivity index (χ1n) is 19.2. The van der Waals surface area contributed by atoms with E-state index in [1.54, 1.807) is 0 Å². The maximum Gasteiger partial charge on any atom is 0.135 e. The van der Waals surface area contributed by atoms with Gasteiger partial charge in [-0.2, -0.15) is 0 Å². The maximum atomic E-state index is 7.06. The van der Waals surface area contributed by atoms with Crippen LogP contribution in [-0.4, -0.2) is 11.6 Å². The number of ether oxygens (including phenoxy) is 1. The van der Waals surface area contributed by atoms with Crippen LogP contribution in [0.1, 0.15) is 66.7 Å². The molecule has 1 saturated carbocycles. The highest BCUT2D eigenvalue weighted by atomic mass is 32.1. The topological polar surface area (TPSA) is 12.5 Å². The van der Waals surface area contributed by atoms with E-state index >= 15 is 0 Å². The molecule has 6 aromatic carbocycles. The monoisotopic (exact) mass is 703 g/mol. The number of allylic oxidation sites excluding steroid dienone is 2. The number of rotatable bonds is 6. The molecule has 53 heavy (non-hydrogen) atoms. The van der Waals surface area contributed by atoms with E-state index in [1.807, 2.05) is 11.3 Å². The molecule has 1 fully saturated rings. The average Bonchev–Trinajstić information content (AvgIpc) is 3.75. The Kier molecular flexibility index (Phi) is 6.95. The zero-order valence-electron chi connectivity index (χ0n) is 29.9. The number of fused-ring (bicyclic) bond motifs is 8. The van der Waals surface area contributed by atoms with Gasteiger partial charge in [0.2, 0.25) is 0 Å². The van der Waals surface area contributed by atoms with E-state index in [0.717, 1.165) is 31.4 Å². The van der Waals surface area contributed by atoms with E-state index in [1.165, 1.54) is 64.6 Å². The molecule has 1 aliphatic heterocycles. The Morgan fingerprint density at radius 1 is 0.736 bits per heavy atom. The summed E-state index contributed by atoms with van der Waals surface area (Å²) in [5.41, 5.74) is 7.40. The molecule has 4 aliphatic rings. The SMILES string of the molecule is CC12C=CC(N(c3ccccc3)C3CC=CCC3)=CC1c1ccc(C3(c4cc5c6ccccc6sc5c5ccccc45)CC3c3ccccc3)cc1O2. The Morgan fingerprint density at radius 3 is 2.30 bits per heavy atom. The van der Waals surface area contributed by atoms with E-state index in [2.05, 4.69) is 176 Å². The highest BCUT2D eigenvalue weighted by Crippen LogP contribution is 2.67. The summed E-state index contributed by atoms with van der Waals surface area (Å²) in [5, 5.41) is 5.44. The summed E-state index contributed by atoms with van der Waals surface area (Å²) in [6.07, 6.45) is 16.2. The Balaban J connectivity index is 1.06. The molecule has 3 aliphatic carbocycles. The summed E-state index contributed by atoms with van der Waals surface area (Å²) in [4.78, 5) is 2.57. The van der Waals surface area contributed by atoms with E-state index < -0.39 is 5.60 Å². The van der Waals surface area contributed by atoms with Crippen molar-refractivity contribution < 1.29 is 4.74 Å². The van der Waals surface area contributed by atoms with Crippen molar-refractivity contribution in [1.82, 2.24) is 0 Å². The van der Waals surface area contributed by atoms with E-state index in [4.69, 9.17) is 4.74 Å². The van der Waals surface area contributed by atoms with Gasteiger partial charge in [0.05, 0.1) is 5.92 Å². The zero-order chi connectivity index (χ0) is 35.1. The van der Waals surface area contributed by atoms with Crippen LogP contribution in [-0.2, 0) is 5.41 Å². The normalized spacial score (nSPS) is 25.6. The van der Waals surface area contributed by atoms with Crippen molar-refractivity contribution in [2.24, 2.45) is 0 Å². The lowest BCUT2D eigenvalue weighted by molar-refractivity contribution is 0.154. The second kappa shape index (κ2) is 11.8. The number of hydrogen-bond donors (Lipinski definition) is 0. The van der Waals surface area contributed by atoms with Gasteiger partial charge in [0.25, 0.3) is 0 Å². The molecule has 1 aromatic heterocycles. The van der Waals surface area contributed by atoms with Gasteiger partial charge in [-0.15, -0.1) is 11.3 Å². The van der Waals surface area contributed by atoms with Crippen LogP contribution in [0.2, 0.25) is 0 Å². The first-order valence-corrected chi connectivity index (χ1v) is 20.0. The largest absolute Gasteiger partial charge is 0.482 e. The Morgan fingerprint density at radius 2 is 1.49 bits per heavy atom. The summed E-state index contributed by atoms with van der Waals surface area (Å²) in [6, 6.07) is 50.4. The molecule has 2 heterocycles. The van der Waals surface area contributed by atoms with Crippen LogP contribution < -0.4 is 9.64 Å². The summed E-state index contributed by atoms with van der Waals surface area (Å²) in [6.45, 7) is 2.26. The highest BCUT2D eigenvalue weighted by molar-refractivity contribution is 7.26. The van der Waals surface area contributed by atoms with Gasteiger partial charge >= 0.3 is 0 Å². The Bertz CT molecular complexity index is 2650. The number of para-hydroxylation sites is 1. The van der Waals surface area contributed by atoms with Crippen LogP contribution in [0.3, 0.4) is 0 Å². The number of nitrogens with zero attached hydrogens (tertiary/aromatic N) is 1. The summed E-state index contributed by atoms with van der Waals surface area (Å²) in [7, 11) is 0. The summed E-state index contributed by atoms with van der Waals surface area (Å²) < 4.78 is 9.80. The fraction of sp³-hybridized carbons (Fsp3) is 0.200. The zero-order valence-corrected chi connectivity index (χ0v) is 30.7. The van der Waals surface area contributed by atoms with Crippen LogP contribution in [0.15, 0.2) is 170 Å². The van der Waals surface area contributed by atoms with Gasteiger partial charge < -0.3 is 9.64 Å².